The Bertz CT molecular complexity index is 505. The van der Waals surface area contributed by atoms with E-state index in [1.54, 1.807) is 0 Å². The van der Waals surface area contributed by atoms with Gasteiger partial charge in [-0.1, -0.05) is 29.8 Å². The molecule has 0 spiro atoms. The van der Waals surface area contributed by atoms with Crippen LogP contribution in [-0.2, 0) is 10.2 Å². The maximum absolute atomic E-state index is 12.9. The first-order valence-corrected chi connectivity index (χ1v) is 7.52. The molecule has 0 radical (unpaired) electrons. The molecule has 2 N–H and O–H groups in total. The normalized spacial score (nSPS) is 22.0. The highest BCUT2D eigenvalue weighted by Gasteiger charge is 2.40. The molecule has 5 heteroatoms. The van der Waals surface area contributed by atoms with E-state index >= 15 is 0 Å². The highest BCUT2D eigenvalue weighted by Crippen LogP contribution is 2.34. The summed E-state index contributed by atoms with van der Waals surface area (Å²) < 4.78 is 0. The first-order valence-electron chi connectivity index (χ1n) is 7.14. The van der Waals surface area contributed by atoms with Crippen LogP contribution in [0, 0.1) is 5.92 Å². The molecule has 0 saturated carbocycles. The Morgan fingerprint density at radius 3 is 2.57 bits per heavy atom. The van der Waals surface area contributed by atoms with Crippen LogP contribution in [0.3, 0.4) is 0 Å². The van der Waals surface area contributed by atoms with E-state index in [0.29, 0.717) is 17.5 Å². The topological polar surface area (TPSA) is 46.3 Å². The van der Waals surface area contributed by atoms with E-state index in [-0.39, 0.29) is 24.4 Å². The number of halogens is 2. The van der Waals surface area contributed by atoms with Gasteiger partial charge in [0.25, 0.3) is 0 Å². The predicted molar refractivity (Wildman–Crippen MR) is 90.1 cm³/mol. The molecule has 1 amide bonds. The van der Waals surface area contributed by atoms with Crippen molar-refractivity contribution >= 4 is 29.9 Å². The molecule has 21 heavy (non-hydrogen) atoms. The quantitative estimate of drug-likeness (QED) is 0.924. The maximum Gasteiger partial charge on any atom is 0.232 e. The molecular weight excluding hydrogens is 307 g/mol. The minimum Gasteiger partial charge on any atom is -0.339 e. The summed E-state index contributed by atoms with van der Waals surface area (Å²) in [5, 5.41) is 0.646. The van der Waals surface area contributed by atoms with Gasteiger partial charge in [-0.05, 0) is 51.3 Å². The molecule has 118 valence electrons. The Balaban J connectivity index is 0.00000220. The molecule has 0 aromatic heterocycles. The SMILES string of the molecule is CC1CC(CN)CN1C(=O)C(C)(C)c1ccccc1Cl.Cl. The second-order valence-corrected chi connectivity index (χ2v) is 6.66. The van der Waals surface area contributed by atoms with E-state index in [0.717, 1.165) is 18.5 Å². The van der Waals surface area contributed by atoms with Crippen molar-refractivity contribution in [3.05, 3.63) is 34.9 Å². The van der Waals surface area contributed by atoms with E-state index in [1.807, 2.05) is 43.0 Å². The van der Waals surface area contributed by atoms with Crippen LogP contribution in [0.1, 0.15) is 32.8 Å². The third-order valence-corrected chi connectivity index (χ3v) is 4.67. The predicted octanol–water partition coefficient (Wildman–Crippen LogP) is 3.24. The van der Waals surface area contributed by atoms with Crippen LogP contribution in [0.4, 0.5) is 0 Å². The van der Waals surface area contributed by atoms with Crippen molar-refractivity contribution < 1.29 is 4.79 Å². The van der Waals surface area contributed by atoms with E-state index in [2.05, 4.69) is 6.92 Å². The van der Waals surface area contributed by atoms with Gasteiger partial charge in [-0.3, -0.25) is 4.79 Å². The lowest BCUT2D eigenvalue weighted by Crippen LogP contribution is -2.45. The Hall–Kier alpha value is -0.770. The third kappa shape index (κ3) is 3.53. The van der Waals surface area contributed by atoms with Crippen LogP contribution in [0.25, 0.3) is 0 Å². The lowest BCUT2D eigenvalue weighted by molar-refractivity contribution is -0.136. The molecule has 2 unspecified atom stereocenters. The summed E-state index contributed by atoms with van der Waals surface area (Å²) in [5.74, 6) is 0.546. The van der Waals surface area contributed by atoms with Crippen LogP contribution in [0.5, 0.6) is 0 Å². The van der Waals surface area contributed by atoms with Gasteiger partial charge in [0.15, 0.2) is 0 Å². The zero-order valence-electron chi connectivity index (χ0n) is 12.8. The van der Waals surface area contributed by atoms with Crippen LogP contribution < -0.4 is 5.73 Å². The van der Waals surface area contributed by atoms with Gasteiger partial charge in [0, 0.05) is 17.6 Å². The summed E-state index contributed by atoms with van der Waals surface area (Å²) in [4.78, 5) is 14.9. The second-order valence-electron chi connectivity index (χ2n) is 6.25. The lowest BCUT2D eigenvalue weighted by Gasteiger charge is -2.33. The first-order chi connectivity index (χ1) is 9.37. The van der Waals surface area contributed by atoms with E-state index < -0.39 is 5.41 Å². The molecule has 1 saturated heterocycles. The summed E-state index contributed by atoms with van der Waals surface area (Å²) in [7, 11) is 0. The average molecular weight is 331 g/mol. The van der Waals surface area contributed by atoms with Crippen molar-refractivity contribution in [1.82, 2.24) is 4.90 Å². The summed E-state index contributed by atoms with van der Waals surface area (Å²) in [6, 6.07) is 7.82. The zero-order valence-corrected chi connectivity index (χ0v) is 14.4. The molecule has 1 fully saturated rings. The molecule has 2 rings (SSSR count). The fourth-order valence-electron chi connectivity index (χ4n) is 3.04. The van der Waals surface area contributed by atoms with Gasteiger partial charge < -0.3 is 10.6 Å². The fourth-order valence-corrected chi connectivity index (χ4v) is 3.41. The van der Waals surface area contributed by atoms with Gasteiger partial charge >= 0.3 is 0 Å². The molecule has 1 aromatic rings. The molecule has 1 aliphatic heterocycles. The molecule has 1 aromatic carbocycles. The Morgan fingerprint density at radius 2 is 2.05 bits per heavy atom. The lowest BCUT2D eigenvalue weighted by atomic mass is 9.83. The number of benzene rings is 1. The fraction of sp³-hybridized carbons (Fsp3) is 0.562. The average Bonchev–Trinajstić information content (AvgIpc) is 2.79. The van der Waals surface area contributed by atoms with Crippen molar-refractivity contribution in [3.8, 4) is 0 Å². The number of nitrogens with zero attached hydrogens (tertiary/aromatic N) is 1. The molecule has 2 atom stereocenters. The van der Waals surface area contributed by atoms with Crippen LogP contribution in [0.15, 0.2) is 24.3 Å². The van der Waals surface area contributed by atoms with Gasteiger partial charge in [-0.2, -0.15) is 0 Å². The largest absolute Gasteiger partial charge is 0.339 e. The highest BCUT2D eigenvalue weighted by molar-refractivity contribution is 6.31. The third-order valence-electron chi connectivity index (χ3n) is 4.34. The minimum absolute atomic E-state index is 0. The first kappa shape index (κ1) is 18.3. The number of carbonyl (C=O) groups is 1. The van der Waals surface area contributed by atoms with Crippen LogP contribution >= 0.6 is 24.0 Å². The van der Waals surface area contributed by atoms with E-state index in [1.165, 1.54) is 0 Å². The van der Waals surface area contributed by atoms with Crippen molar-refractivity contribution in [2.75, 3.05) is 13.1 Å². The van der Waals surface area contributed by atoms with Gasteiger partial charge in [-0.25, -0.2) is 0 Å². The van der Waals surface area contributed by atoms with Crippen LogP contribution in [0.2, 0.25) is 5.02 Å². The molecule has 0 bridgehead atoms. The van der Waals surface area contributed by atoms with Crippen molar-refractivity contribution in [1.29, 1.82) is 0 Å². The number of likely N-dealkylation sites (tertiary alicyclic amines) is 1. The maximum atomic E-state index is 12.9. The van der Waals surface area contributed by atoms with Crippen molar-refractivity contribution in [3.63, 3.8) is 0 Å². The Morgan fingerprint density at radius 1 is 1.43 bits per heavy atom. The number of hydrogen-bond acceptors (Lipinski definition) is 2. The standard InChI is InChI=1S/C16H23ClN2O.ClH/c1-11-8-12(9-18)10-19(11)15(20)16(2,3)13-6-4-5-7-14(13)17;/h4-7,11-12H,8-10,18H2,1-3H3;1H. The van der Waals surface area contributed by atoms with E-state index in [9.17, 15) is 4.79 Å². The van der Waals surface area contributed by atoms with Gasteiger partial charge in [0.1, 0.15) is 0 Å². The zero-order chi connectivity index (χ0) is 14.9. The molecule has 3 nitrogen and oxygen atoms in total. The molecule has 1 heterocycles. The smallest absolute Gasteiger partial charge is 0.232 e. The number of rotatable bonds is 3. The highest BCUT2D eigenvalue weighted by atomic mass is 35.5. The Labute approximate surface area is 138 Å². The number of nitrogens with two attached hydrogens (primary N) is 1. The number of amides is 1. The molecular formula is C16H24Cl2N2O. The second kappa shape index (κ2) is 6.99. The van der Waals surface area contributed by atoms with Crippen molar-refractivity contribution in [2.45, 2.75) is 38.6 Å². The monoisotopic (exact) mass is 330 g/mol. The van der Waals surface area contributed by atoms with Gasteiger partial charge in [0.05, 0.1) is 5.41 Å². The van der Waals surface area contributed by atoms with E-state index in [4.69, 9.17) is 17.3 Å². The Kier molecular flexibility index (Phi) is 6.09. The van der Waals surface area contributed by atoms with Crippen molar-refractivity contribution in [2.24, 2.45) is 11.7 Å². The molecule has 0 aliphatic carbocycles. The molecule has 1 aliphatic rings. The summed E-state index contributed by atoms with van der Waals surface area (Å²) in [5.41, 5.74) is 6.01. The summed E-state index contributed by atoms with van der Waals surface area (Å²) in [6.07, 6.45) is 0.987. The van der Waals surface area contributed by atoms with Crippen LogP contribution in [-0.4, -0.2) is 29.9 Å². The minimum atomic E-state index is -0.615. The number of carbonyl (C=O) groups excluding carboxylic acids is 1. The number of hydrogen-bond donors (Lipinski definition) is 1. The summed E-state index contributed by atoms with van der Waals surface area (Å²) >= 11 is 6.26. The van der Waals surface area contributed by atoms with Gasteiger partial charge in [-0.15, -0.1) is 12.4 Å². The summed E-state index contributed by atoms with van der Waals surface area (Å²) in [6.45, 7) is 7.37. The van der Waals surface area contributed by atoms with Gasteiger partial charge in [0.2, 0.25) is 5.91 Å².